The standard InChI is InChI=1S/C21H42O5/c22-19-17-15-13-11-9-7-5-3-1-2-4-6-8-10-12-14-16-18-20(23,24)21(19,25)26/h19,22-26H,1-18H2. The highest BCUT2D eigenvalue weighted by Crippen LogP contribution is 2.29. The van der Waals surface area contributed by atoms with Crippen LogP contribution in [0.3, 0.4) is 0 Å². The monoisotopic (exact) mass is 374 g/mol. The van der Waals surface area contributed by atoms with Gasteiger partial charge in [0, 0.05) is 6.42 Å². The lowest BCUT2D eigenvalue weighted by Crippen LogP contribution is -2.61. The second-order valence-corrected chi connectivity index (χ2v) is 8.25. The van der Waals surface area contributed by atoms with Crippen molar-refractivity contribution in [3.8, 4) is 0 Å². The summed E-state index contributed by atoms with van der Waals surface area (Å²) in [7, 11) is 0. The van der Waals surface area contributed by atoms with E-state index < -0.39 is 17.7 Å². The predicted molar refractivity (Wildman–Crippen MR) is 103 cm³/mol. The third-order valence-electron chi connectivity index (χ3n) is 5.81. The first-order valence-corrected chi connectivity index (χ1v) is 11.0. The third-order valence-corrected chi connectivity index (χ3v) is 5.81. The molecule has 0 aromatic heterocycles. The molecule has 1 aliphatic rings. The van der Waals surface area contributed by atoms with Crippen LogP contribution in [0.4, 0.5) is 0 Å². The molecule has 1 unspecified atom stereocenters. The molecule has 0 aromatic carbocycles. The van der Waals surface area contributed by atoms with Crippen LogP contribution in [0.25, 0.3) is 0 Å². The van der Waals surface area contributed by atoms with Crippen LogP contribution in [0, 0.1) is 0 Å². The number of hydrogen-bond acceptors (Lipinski definition) is 5. The molecule has 1 atom stereocenters. The fourth-order valence-electron chi connectivity index (χ4n) is 3.84. The molecular weight excluding hydrogens is 332 g/mol. The van der Waals surface area contributed by atoms with Crippen molar-refractivity contribution in [2.24, 2.45) is 0 Å². The first kappa shape index (κ1) is 23.8. The minimum absolute atomic E-state index is 0.142. The molecular formula is C21H42O5. The zero-order valence-electron chi connectivity index (χ0n) is 16.5. The van der Waals surface area contributed by atoms with Gasteiger partial charge in [-0.25, -0.2) is 0 Å². The summed E-state index contributed by atoms with van der Waals surface area (Å²) in [5.74, 6) is -5.56. The van der Waals surface area contributed by atoms with Crippen molar-refractivity contribution in [2.75, 3.05) is 0 Å². The molecule has 5 N–H and O–H groups in total. The van der Waals surface area contributed by atoms with Crippen LogP contribution in [0.2, 0.25) is 0 Å². The van der Waals surface area contributed by atoms with Gasteiger partial charge >= 0.3 is 0 Å². The van der Waals surface area contributed by atoms with Crippen molar-refractivity contribution in [3.63, 3.8) is 0 Å². The second kappa shape index (κ2) is 13.1. The van der Waals surface area contributed by atoms with Crippen LogP contribution in [0.1, 0.15) is 116 Å². The van der Waals surface area contributed by atoms with Gasteiger partial charge in [-0.15, -0.1) is 0 Å². The Hall–Kier alpha value is -0.200. The molecule has 0 bridgehead atoms. The Labute approximate surface area is 159 Å². The van der Waals surface area contributed by atoms with Gasteiger partial charge in [-0.2, -0.15) is 0 Å². The number of aliphatic hydroxyl groups excluding tert-OH is 1. The molecule has 0 saturated heterocycles. The second-order valence-electron chi connectivity index (χ2n) is 8.25. The molecule has 26 heavy (non-hydrogen) atoms. The van der Waals surface area contributed by atoms with Gasteiger partial charge in [0.1, 0.15) is 6.10 Å². The lowest BCUT2D eigenvalue weighted by molar-refractivity contribution is -0.386. The zero-order valence-corrected chi connectivity index (χ0v) is 16.5. The highest BCUT2D eigenvalue weighted by molar-refractivity contribution is 4.88. The lowest BCUT2D eigenvalue weighted by Gasteiger charge is -2.38. The van der Waals surface area contributed by atoms with E-state index in [4.69, 9.17) is 0 Å². The van der Waals surface area contributed by atoms with E-state index >= 15 is 0 Å². The molecule has 0 heterocycles. The minimum atomic E-state index is -2.88. The predicted octanol–water partition coefficient (Wildman–Crippen LogP) is 3.74. The van der Waals surface area contributed by atoms with E-state index in [9.17, 15) is 25.5 Å². The molecule has 1 fully saturated rings. The van der Waals surface area contributed by atoms with Crippen LogP contribution in [-0.2, 0) is 0 Å². The number of aliphatic hydroxyl groups is 5. The first-order chi connectivity index (χ1) is 12.4. The van der Waals surface area contributed by atoms with E-state index in [0.717, 1.165) is 32.1 Å². The van der Waals surface area contributed by atoms with Crippen LogP contribution in [-0.4, -0.2) is 43.2 Å². The lowest BCUT2D eigenvalue weighted by atomic mass is 9.91. The molecule has 5 nitrogen and oxygen atoms in total. The zero-order chi connectivity index (χ0) is 19.3. The summed E-state index contributed by atoms with van der Waals surface area (Å²) >= 11 is 0. The maximum absolute atomic E-state index is 10.1. The molecule has 0 aliphatic heterocycles. The summed E-state index contributed by atoms with van der Waals surface area (Å²) in [5, 5.41) is 50.3. The van der Waals surface area contributed by atoms with Crippen molar-refractivity contribution in [3.05, 3.63) is 0 Å². The molecule has 0 amide bonds. The Morgan fingerprint density at radius 2 is 0.769 bits per heavy atom. The van der Waals surface area contributed by atoms with Crippen molar-refractivity contribution >= 4 is 0 Å². The highest BCUT2D eigenvalue weighted by Gasteiger charge is 2.51. The topological polar surface area (TPSA) is 101 Å². The summed E-state index contributed by atoms with van der Waals surface area (Å²) in [6, 6.07) is 0. The van der Waals surface area contributed by atoms with Gasteiger partial charge < -0.3 is 25.5 Å². The number of hydrogen-bond donors (Lipinski definition) is 5. The van der Waals surface area contributed by atoms with Gasteiger partial charge in [0.05, 0.1) is 0 Å². The largest absolute Gasteiger partial charge is 0.387 e. The summed E-state index contributed by atoms with van der Waals surface area (Å²) < 4.78 is 0. The van der Waals surface area contributed by atoms with Crippen LogP contribution >= 0.6 is 0 Å². The summed E-state index contributed by atoms with van der Waals surface area (Å²) in [6.07, 6.45) is 16.1. The molecule has 0 spiro atoms. The molecule has 1 aliphatic carbocycles. The Morgan fingerprint density at radius 1 is 0.462 bits per heavy atom. The van der Waals surface area contributed by atoms with E-state index in [0.29, 0.717) is 12.8 Å². The van der Waals surface area contributed by atoms with Gasteiger partial charge in [-0.05, 0) is 12.8 Å². The van der Waals surface area contributed by atoms with Gasteiger partial charge in [-0.1, -0.05) is 96.3 Å². The first-order valence-electron chi connectivity index (χ1n) is 11.0. The Morgan fingerprint density at radius 3 is 1.15 bits per heavy atom. The van der Waals surface area contributed by atoms with Crippen LogP contribution in [0.15, 0.2) is 0 Å². The average Bonchev–Trinajstić information content (AvgIpc) is 2.59. The number of rotatable bonds is 0. The Balaban J connectivity index is 2.45. The molecule has 0 aromatic rings. The average molecular weight is 375 g/mol. The Kier molecular flexibility index (Phi) is 12.0. The Bertz CT molecular complexity index is 343. The third kappa shape index (κ3) is 9.14. The maximum Gasteiger partial charge on any atom is 0.245 e. The van der Waals surface area contributed by atoms with Gasteiger partial charge in [0.25, 0.3) is 0 Å². The minimum Gasteiger partial charge on any atom is -0.387 e. The quantitative estimate of drug-likeness (QED) is 0.416. The summed E-state index contributed by atoms with van der Waals surface area (Å²) in [6.45, 7) is 0. The molecule has 1 rings (SSSR count). The normalized spacial score (nSPS) is 28.7. The van der Waals surface area contributed by atoms with Crippen molar-refractivity contribution in [2.45, 2.75) is 133 Å². The smallest absolute Gasteiger partial charge is 0.245 e. The van der Waals surface area contributed by atoms with Crippen molar-refractivity contribution in [1.82, 2.24) is 0 Å². The van der Waals surface area contributed by atoms with E-state index in [1.807, 2.05) is 0 Å². The molecule has 5 heteroatoms. The van der Waals surface area contributed by atoms with Crippen LogP contribution in [0.5, 0.6) is 0 Å². The van der Waals surface area contributed by atoms with E-state index in [2.05, 4.69) is 0 Å². The van der Waals surface area contributed by atoms with Crippen molar-refractivity contribution in [1.29, 1.82) is 0 Å². The van der Waals surface area contributed by atoms with Crippen LogP contribution < -0.4 is 0 Å². The van der Waals surface area contributed by atoms with E-state index in [1.165, 1.54) is 57.8 Å². The summed E-state index contributed by atoms with van der Waals surface area (Å²) in [4.78, 5) is 0. The van der Waals surface area contributed by atoms with Gasteiger partial charge in [-0.3, -0.25) is 0 Å². The van der Waals surface area contributed by atoms with Gasteiger partial charge in [0.15, 0.2) is 0 Å². The van der Waals surface area contributed by atoms with E-state index in [-0.39, 0.29) is 12.8 Å². The SMILES string of the molecule is OC1CCCCCCCCCCCCCCCCCCC(O)(O)C1(O)O. The van der Waals surface area contributed by atoms with Crippen molar-refractivity contribution < 1.29 is 25.5 Å². The highest BCUT2D eigenvalue weighted by atomic mass is 16.6. The molecule has 156 valence electrons. The molecule has 0 radical (unpaired) electrons. The fraction of sp³-hybridized carbons (Fsp3) is 1.00. The fourth-order valence-corrected chi connectivity index (χ4v) is 3.84. The van der Waals surface area contributed by atoms with E-state index in [1.54, 1.807) is 0 Å². The molecule has 1 saturated carbocycles. The maximum atomic E-state index is 10.1. The summed E-state index contributed by atoms with van der Waals surface area (Å²) in [5.41, 5.74) is 0. The van der Waals surface area contributed by atoms with Gasteiger partial charge in [0.2, 0.25) is 11.6 Å².